The van der Waals surface area contributed by atoms with E-state index in [2.05, 4.69) is 17.2 Å². The minimum atomic E-state index is -0.163. The molecule has 0 aromatic carbocycles. The first-order valence-corrected chi connectivity index (χ1v) is 8.13. The number of likely N-dealkylation sites (N-methyl/N-ethyl adjacent to an activating group) is 1. The highest BCUT2D eigenvalue weighted by molar-refractivity contribution is 5.91. The predicted molar refractivity (Wildman–Crippen MR) is 90.1 cm³/mol. The van der Waals surface area contributed by atoms with Crippen LogP contribution >= 0.6 is 0 Å². The Bertz CT molecular complexity index is 544. The van der Waals surface area contributed by atoms with Gasteiger partial charge in [-0.25, -0.2) is 4.98 Å². The van der Waals surface area contributed by atoms with Crippen molar-refractivity contribution in [3.05, 3.63) is 23.9 Å². The Balaban J connectivity index is 1.77. The van der Waals surface area contributed by atoms with Crippen molar-refractivity contribution in [3.63, 3.8) is 0 Å². The van der Waals surface area contributed by atoms with Crippen molar-refractivity contribution in [2.24, 2.45) is 5.92 Å². The number of amides is 2. The monoisotopic (exact) mass is 318 g/mol. The number of pyridine rings is 1. The lowest BCUT2D eigenvalue weighted by molar-refractivity contribution is -0.134. The smallest absolute Gasteiger partial charge is 0.239 e. The number of hydrogen-bond acceptors (Lipinski definition) is 4. The van der Waals surface area contributed by atoms with Gasteiger partial charge < -0.3 is 10.2 Å². The van der Waals surface area contributed by atoms with Gasteiger partial charge in [0.25, 0.3) is 0 Å². The van der Waals surface area contributed by atoms with Crippen molar-refractivity contribution in [1.29, 1.82) is 0 Å². The number of nitrogens with zero attached hydrogens (tertiary/aromatic N) is 3. The van der Waals surface area contributed by atoms with Crippen LogP contribution in [0, 0.1) is 12.8 Å². The van der Waals surface area contributed by atoms with Crippen molar-refractivity contribution in [2.75, 3.05) is 38.5 Å². The van der Waals surface area contributed by atoms with Gasteiger partial charge in [0.15, 0.2) is 0 Å². The highest BCUT2D eigenvalue weighted by atomic mass is 16.2. The Hall–Kier alpha value is -1.95. The molecule has 2 amide bonds. The molecule has 1 aromatic heterocycles. The van der Waals surface area contributed by atoms with Crippen LogP contribution in [0.1, 0.15) is 25.3 Å². The van der Waals surface area contributed by atoms with E-state index in [1.54, 1.807) is 24.2 Å². The summed E-state index contributed by atoms with van der Waals surface area (Å²) in [6, 6.07) is 3.67. The largest absolute Gasteiger partial charge is 0.341 e. The molecule has 1 N–H and O–H groups in total. The second kappa shape index (κ2) is 8.06. The number of nitrogens with one attached hydrogen (secondary N) is 1. The van der Waals surface area contributed by atoms with Crippen LogP contribution in [0.4, 0.5) is 5.82 Å². The molecule has 2 heterocycles. The molecular formula is C17H26N4O2. The van der Waals surface area contributed by atoms with Crippen LogP contribution in [0.2, 0.25) is 0 Å². The molecule has 0 unspecified atom stereocenters. The summed E-state index contributed by atoms with van der Waals surface area (Å²) in [6.45, 7) is 6.21. The molecule has 1 aromatic rings. The number of aromatic nitrogens is 1. The third-order valence-corrected chi connectivity index (χ3v) is 4.01. The lowest BCUT2D eigenvalue weighted by Gasteiger charge is -2.32. The summed E-state index contributed by atoms with van der Waals surface area (Å²) in [5.41, 5.74) is 1.04. The van der Waals surface area contributed by atoms with Crippen LogP contribution in [-0.4, -0.2) is 59.8 Å². The topological polar surface area (TPSA) is 65.5 Å². The third-order valence-electron chi connectivity index (χ3n) is 4.01. The van der Waals surface area contributed by atoms with Crippen LogP contribution in [0.25, 0.3) is 0 Å². The second-order valence-corrected chi connectivity index (χ2v) is 6.53. The van der Waals surface area contributed by atoms with Crippen molar-refractivity contribution in [2.45, 2.75) is 26.7 Å². The van der Waals surface area contributed by atoms with Crippen LogP contribution in [-0.2, 0) is 9.59 Å². The fourth-order valence-electron chi connectivity index (χ4n) is 2.77. The summed E-state index contributed by atoms with van der Waals surface area (Å²) in [5.74, 6) is 1.03. The standard InChI is InChI=1S/C17H26N4O2/c1-13-6-7-15(18-9-13)19-16(22)11-20(3)12-17(23)21-8-4-5-14(2)10-21/h6-7,9,14H,4-5,8,10-12H2,1-3H3,(H,18,19,22)/t14-/m0/s1. The van der Waals surface area contributed by atoms with Crippen LogP contribution in [0.3, 0.4) is 0 Å². The van der Waals surface area contributed by atoms with E-state index in [0.29, 0.717) is 11.7 Å². The molecular weight excluding hydrogens is 292 g/mol. The maximum Gasteiger partial charge on any atom is 0.239 e. The van der Waals surface area contributed by atoms with E-state index in [-0.39, 0.29) is 24.9 Å². The summed E-state index contributed by atoms with van der Waals surface area (Å²) in [7, 11) is 1.79. The van der Waals surface area contributed by atoms with E-state index >= 15 is 0 Å². The Morgan fingerprint density at radius 2 is 2.17 bits per heavy atom. The Morgan fingerprint density at radius 1 is 1.39 bits per heavy atom. The summed E-state index contributed by atoms with van der Waals surface area (Å²) in [4.78, 5) is 32.1. The molecule has 0 aliphatic carbocycles. The first kappa shape index (κ1) is 17.4. The van der Waals surface area contributed by atoms with E-state index in [1.807, 2.05) is 17.9 Å². The molecule has 1 fully saturated rings. The fraction of sp³-hybridized carbons (Fsp3) is 0.588. The maximum absolute atomic E-state index is 12.3. The van der Waals surface area contributed by atoms with E-state index < -0.39 is 0 Å². The highest BCUT2D eigenvalue weighted by Crippen LogP contribution is 2.15. The van der Waals surface area contributed by atoms with Gasteiger partial charge >= 0.3 is 0 Å². The summed E-state index contributed by atoms with van der Waals surface area (Å²) in [6.07, 6.45) is 3.96. The number of likely N-dealkylation sites (tertiary alicyclic amines) is 1. The number of rotatable bonds is 5. The van der Waals surface area contributed by atoms with E-state index in [1.165, 1.54) is 6.42 Å². The normalized spacial score (nSPS) is 18.1. The summed E-state index contributed by atoms with van der Waals surface area (Å²) < 4.78 is 0. The van der Waals surface area contributed by atoms with Crippen LogP contribution < -0.4 is 5.32 Å². The molecule has 2 rings (SSSR count). The quantitative estimate of drug-likeness (QED) is 0.894. The molecule has 126 valence electrons. The Labute approximate surface area is 137 Å². The Kier molecular flexibility index (Phi) is 6.10. The Morgan fingerprint density at radius 3 is 2.83 bits per heavy atom. The first-order chi connectivity index (χ1) is 10.9. The average molecular weight is 318 g/mol. The molecule has 0 bridgehead atoms. The number of anilines is 1. The van der Waals surface area contributed by atoms with E-state index in [9.17, 15) is 9.59 Å². The SMILES string of the molecule is Cc1ccc(NC(=O)CN(C)CC(=O)N2CCC[C@H](C)C2)nc1. The van der Waals surface area contributed by atoms with Crippen LogP contribution in [0.5, 0.6) is 0 Å². The van der Waals surface area contributed by atoms with Crippen molar-refractivity contribution in [1.82, 2.24) is 14.8 Å². The first-order valence-electron chi connectivity index (χ1n) is 8.13. The van der Waals surface area contributed by atoms with Gasteiger partial charge in [-0.1, -0.05) is 13.0 Å². The van der Waals surface area contributed by atoms with Crippen molar-refractivity contribution < 1.29 is 9.59 Å². The summed E-state index contributed by atoms with van der Waals surface area (Å²) in [5, 5.41) is 2.74. The molecule has 1 aliphatic heterocycles. The number of aryl methyl sites for hydroxylation is 1. The zero-order valence-corrected chi connectivity index (χ0v) is 14.2. The molecule has 1 aliphatic rings. The zero-order valence-electron chi connectivity index (χ0n) is 14.2. The minimum absolute atomic E-state index is 0.0975. The highest BCUT2D eigenvalue weighted by Gasteiger charge is 2.22. The number of hydrogen-bond donors (Lipinski definition) is 1. The van der Waals surface area contributed by atoms with Gasteiger partial charge in [0.1, 0.15) is 5.82 Å². The van der Waals surface area contributed by atoms with Gasteiger partial charge in [-0.3, -0.25) is 14.5 Å². The van der Waals surface area contributed by atoms with Gasteiger partial charge in [0.05, 0.1) is 13.1 Å². The second-order valence-electron chi connectivity index (χ2n) is 6.53. The number of carbonyl (C=O) groups excluding carboxylic acids is 2. The molecule has 23 heavy (non-hydrogen) atoms. The third kappa shape index (κ3) is 5.63. The average Bonchev–Trinajstić information content (AvgIpc) is 2.49. The number of piperidine rings is 1. The van der Waals surface area contributed by atoms with E-state index in [4.69, 9.17) is 0 Å². The van der Waals surface area contributed by atoms with Gasteiger partial charge in [0.2, 0.25) is 11.8 Å². The molecule has 0 radical (unpaired) electrons. The zero-order chi connectivity index (χ0) is 16.8. The van der Waals surface area contributed by atoms with Gasteiger partial charge in [-0.15, -0.1) is 0 Å². The fourth-order valence-corrected chi connectivity index (χ4v) is 2.77. The maximum atomic E-state index is 12.3. The van der Waals surface area contributed by atoms with E-state index in [0.717, 1.165) is 25.1 Å². The molecule has 1 saturated heterocycles. The van der Waals surface area contributed by atoms with Gasteiger partial charge in [-0.05, 0) is 44.4 Å². The molecule has 1 atom stereocenters. The minimum Gasteiger partial charge on any atom is -0.341 e. The van der Waals surface area contributed by atoms with Crippen molar-refractivity contribution in [3.8, 4) is 0 Å². The lowest BCUT2D eigenvalue weighted by atomic mass is 10.0. The predicted octanol–water partition coefficient (Wildman–Crippen LogP) is 1.52. The lowest BCUT2D eigenvalue weighted by Crippen LogP contribution is -2.45. The van der Waals surface area contributed by atoms with Gasteiger partial charge in [0, 0.05) is 19.3 Å². The molecule has 6 heteroatoms. The number of carbonyl (C=O) groups is 2. The van der Waals surface area contributed by atoms with Crippen molar-refractivity contribution >= 4 is 17.6 Å². The van der Waals surface area contributed by atoms with Crippen LogP contribution in [0.15, 0.2) is 18.3 Å². The molecule has 0 saturated carbocycles. The summed E-state index contributed by atoms with van der Waals surface area (Å²) >= 11 is 0. The molecule has 6 nitrogen and oxygen atoms in total. The molecule has 0 spiro atoms. The van der Waals surface area contributed by atoms with Gasteiger partial charge in [-0.2, -0.15) is 0 Å².